The molecule has 130 valence electrons. The van der Waals surface area contributed by atoms with Crippen LogP contribution in [0.4, 0.5) is 0 Å². The number of benzene rings is 2. The first-order valence-electron chi connectivity index (χ1n) is 8.07. The van der Waals surface area contributed by atoms with Crippen molar-refractivity contribution in [3.05, 3.63) is 59.7 Å². The van der Waals surface area contributed by atoms with E-state index in [1.54, 1.807) is 48.5 Å². The summed E-state index contributed by atoms with van der Waals surface area (Å²) >= 11 is 0. The maximum atomic E-state index is 12.3. The molecule has 2 aromatic carbocycles. The van der Waals surface area contributed by atoms with Gasteiger partial charge in [-0.15, -0.1) is 24.7 Å². The molecular weight excluding hydrogens is 328 g/mol. The Hall–Kier alpha value is -3.50. The summed E-state index contributed by atoms with van der Waals surface area (Å²) in [4.78, 5) is 24.7. The normalized spacial score (nSPS) is 9.62. The highest BCUT2D eigenvalue weighted by Gasteiger charge is 2.18. The molecule has 2 aromatic rings. The van der Waals surface area contributed by atoms with Crippen molar-refractivity contribution in [2.24, 2.45) is 0 Å². The number of terminal acetylenes is 2. The van der Waals surface area contributed by atoms with Crippen LogP contribution >= 0.6 is 0 Å². The second-order valence-electron chi connectivity index (χ2n) is 5.31. The van der Waals surface area contributed by atoms with Gasteiger partial charge in [0.2, 0.25) is 11.6 Å². The summed E-state index contributed by atoms with van der Waals surface area (Å²) in [5.41, 5.74) is 0.599. The lowest BCUT2D eigenvalue weighted by Gasteiger charge is -2.06. The number of carbonyl (C=O) groups excluding carboxylic acids is 2. The number of carbonyl (C=O) groups is 2. The van der Waals surface area contributed by atoms with Gasteiger partial charge in [-0.1, -0.05) is 0 Å². The Bertz CT molecular complexity index is 760. The van der Waals surface area contributed by atoms with Crippen LogP contribution in [-0.2, 0) is 0 Å². The number of hydrogen-bond acceptors (Lipinski definition) is 4. The Morgan fingerprint density at radius 3 is 1.35 bits per heavy atom. The standard InChI is InChI=1S/C22H18O4/c1-3-5-15-25-19-11-7-17(8-12-19)21(23)22(24)18-9-13-20(14-10-18)26-16-6-4-2/h1-2,7-14H,5-6,15-16H2. The molecule has 0 saturated carbocycles. The molecule has 0 aliphatic carbocycles. The Morgan fingerprint density at radius 1 is 0.692 bits per heavy atom. The molecule has 0 bridgehead atoms. The van der Waals surface area contributed by atoms with E-state index in [2.05, 4.69) is 11.8 Å². The highest BCUT2D eigenvalue weighted by molar-refractivity contribution is 6.49. The van der Waals surface area contributed by atoms with Crippen molar-refractivity contribution in [3.8, 4) is 36.2 Å². The Balaban J connectivity index is 1.99. The minimum atomic E-state index is -0.582. The van der Waals surface area contributed by atoms with E-state index >= 15 is 0 Å². The molecule has 0 unspecified atom stereocenters. The maximum absolute atomic E-state index is 12.3. The zero-order chi connectivity index (χ0) is 18.8. The van der Waals surface area contributed by atoms with Crippen molar-refractivity contribution in [2.75, 3.05) is 13.2 Å². The van der Waals surface area contributed by atoms with Crippen molar-refractivity contribution in [1.29, 1.82) is 0 Å². The summed E-state index contributed by atoms with van der Waals surface area (Å²) in [6, 6.07) is 12.8. The second kappa shape index (κ2) is 9.71. The quantitative estimate of drug-likeness (QED) is 0.301. The molecule has 0 N–H and O–H groups in total. The van der Waals surface area contributed by atoms with Crippen LogP contribution in [-0.4, -0.2) is 24.8 Å². The summed E-state index contributed by atoms with van der Waals surface area (Å²) in [6.07, 6.45) is 11.3. The van der Waals surface area contributed by atoms with Gasteiger partial charge in [0.25, 0.3) is 0 Å². The van der Waals surface area contributed by atoms with Crippen LogP contribution in [0, 0.1) is 24.7 Å². The lowest BCUT2D eigenvalue weighted by atomic mass is 10.0. The van der Waals surface area contributed by atoms with Crippen LogP contribution in [0.25, 0.3) is 0 Å². The van der Waals surface area contributed by atoms with Crippen molar-refractivity contribution in [1.82, 2.24) is 0 Å². The van der Waals surface area contributed by atoms with E-state index in [1.165, 1.54) is 0 Å². The van der Waals surface area contributed by atoms with Gasteiger partial charge >= 0.3 is 0 Å². The van der Waals surface area contributed by atoms with Gasteiger partial charge in [0, 0.05) is 24.0 Å². The van der Waals surface area contributed by atoms with Gasteiger partial charge < -0.3 is 9.47 Å². The first-order chi connectivity index (χ1) is 12.7. The van der Waals surface area contributed by atoms with Gasteiger partial charge in [-0.05, 0) is 48.5 Å². The molecule has 26 heavy (non-hydrogen) atoms. The van der Waals surface area contributed by atoms with Crippen LogP contribution < -0.4 is 9.47 Å². The third-order valence-electron chi connectivity index (χ3n) is 3.47. The lowest BCUT2D eigenvalue weighted by Crippen LogP contribution is -2.14. The minimum absolute atomic E-state index is 0.300. The molecular formula is C22H18O4. The van der Waals surface area contributed by atoms with Crippen molar-refractivity contribution >= 4 is 11.6 Å². The molecule has 0 saturated heterocycles. The van der Waals surface area contributed by atoms with Gasteiger partial charge in [0.15, 0.2) is 0 Å². The van der Waals surface area contributed by atoms with Crippen molar-refractivity contribution in [2.45, 2.75) is 12.8 Å². The summed E-state index contributed by atoms with van der Waals surface area (Å²) in [6.45, 7) is 0.803. The fourth-order valence-electron chi connectivity index (χ4n) is 2.12. The smallest absolute Gasteiger partial charge is 0.233 e. The van der Waals surface area contributed by atoms with Crippen LogP contribution in [0.3, 0.4) is 0 Å². The van der Waals surface area contributed by atoms with Crippen LogP contribution in [0.2, 0.25) is 0 Å². The van der Waals surface area contributed by atoms with Gasteiger partial charge in [-0.3, -0.25) is 9.59 Å². The van der Waals surface area contributed by atoms with Crippen LogP contribution in [0.15, 0.2) is 48.5 Å². The predicted molar refractivity (Wildman–Crippen MR) is 99.4 cm³/mol. The Labute approximate surface area is 153 Å². The summed E-state index contributed by atoms with van der Waals surface area (Å²) < 4.78 is 10.8. The molecule has 4 nitrogen and oxygen atoms in total. The minimum Gasteiger partial charge on any atom is -0.493 e. The van der Waals surface area contributed by atoms with Gasteiger partial charge in [0.1, 0.15) is 11.5 Å². The van der Waals surface area contributed by atoms with E-state index in [-0.39, 0.29) is 0 Å². The number of hydrogen-bond donors (Lipinski definition) is 0. The number of Topliss-reactive ketones (excluding diaryl/α,β-unsaturated/α-hetero) is 2. The van der Waals surface area contributed by atoms with E-state index in [4.69, 9.17) is 22.3 Å². The molecule has 0 fully saturated rings. The zero-order valence-electron chi connectivity index (χ0n) is 14.2. The Kier molecular flexibility index (Phi) is 7.04. The molecule has 0 aromatic heterocycles. The van der Waals surface area contributed by atoms with E-state index in [9.17, 15) is 9.59 Å². The van der Waals surface area contributed by atoms with Gasteiger partial charge in [-0.2, -0.15) is 0 Å². The molecule has 0 amide bonds. The second-order valence-corrected chi connectivity index (χ2v) is 5.31. The van der Waals surface area contributed by atoms with Crippen molar-refractivity contribution in [3.63, 3.8) is 0 Å². The summed E-state index contributed by atoms with van der Waals surface area (Å²) in [5.74, 6) is 4.98. The highest BCUT2D eigenvalue weighted by Crippen LogP contribution is 2.17. The first kappa shape index (κ1) is 18.8. The molecule has 4 heteroatoms. The summed E-state index contributed by atoms with van der Waals surface area (Å²) in [5, 5.41) is 0. The number of ether oxygens (including phenoxy) is 2. The highest BCUT2D eigenvalue weighted by atomic mass is 16.5. The van der Waals surface area contributed by atoms with E-state index < -0.39 is 11.6 Å². The van der Waals surface area contributed by atoms with Crippen LogP contribution in [0.1, 0.15) is 33.6 Å². The number of ketones is 2. The average molecular weight is 346 g/mol. The third-order valence-corrected chi connectivity index (χ3v) is 3.47. The molecule has 0 aliphatic heterocycles. The fraction of sp³-hybridized carbons (Fsp3) is 0.182. The molecule has 0 aliphatic rings. The molecule has 0 atom stereocenters. The first-order valence-corrected chi connectivity index (χ1v) is 8.07. The van der Waals surface area contributed by atoms with Gasteiger partial charge in [0.05, 0.1) is 13.2 Å². The largest absolute Gasteiger partial charge is 0.493 e. The average Bonchev–Trinajstić information content (AvgIpc) is 2.68. The fourth-order valence-corrected chi connectivity index (χ4v) is 2.12. The molecule has 0 radical (unpaired) electrons. The summed E-state index contributed by atoms with van der Waals surface area (Å²) in [7, 11) is 0. The Morgan fingerprint density at radius 2 is 1.04 bits per heavy atom. The lowest BCUT2D eigenvalue weighted by molar-refractivity contribution is 0.0817. The number of rotatable bonds is 9. The molecule has 0 heterocycles. The third kappa shape index (κ3) is 5.26. The topological polar surface area (TPSA) is 52.6 Å². The SMILES string of the molecule is C#CCCOc1ccc(C(=O)C(=O)c2ccc(OCCC#C)cc2)cc1. The predicted octanol–water partition coefficient (Wildman–Crippen LogP) is 3.56. The van der Waals surface area contributed by atoms with Crippen LogP contribution in [0.5, 0.6) is 11.5 Å². The zero-order valence-corrected chi connectivity index (χ0v) is 14.2. The van der Waals surface area contributed by atoms with Crippen molar-refractivity contribution < 1.29 is 19.1 Å². The van der Waals surface area contributed by atoms with Gasteiger partial charge in [-0.25, -0.2) is 0 Å². The van der Waals surface area contributed by atoms with E-state index in [0.717, 1.165) is 0 Å². The molecule has 0 spiro atoms. The monoisotopic (exact) mass is 346 g/mol. The molecule has 2 rings (SSSR count). The maximum Gasteiger partial charge on any atom is 0.233 e. The van der Waals surface area contributed by atoms with E-state index in [0.29, 0.717) is 48.7 Å². The van der Waals surface area contributed by atoms with E-state index in [1.807, 2.05) is 0 Å².